The molecule has 4 aromatic rings. The number of benzene rings is 2. The predicted molar refractivity (Wildman–Crippen MR) is 131 cm³/mol. The molecule has 0 saturated carbocycles. The molecule has 3 heterocycles. The molecule has 1 amide bonds. The van der Waals surface area contributed by atoms with Gasteiger partial charge in [0.25, 0.3) is 5.91 Å². The number of fused-ring (bicyclic) bond motifs is 1. The van der Waals surface area contributed by atoms with Crippen LogP contribution in [0.3, 0.4) is 0 Å². The third kappa shape index (κ3) is 3.86. The third-order valence-electron chi connectivity index (χ3n) is 6.13. The Bertz CT molecular complexity index is 1230. The van der Waals surface area contributed by atoms with Crippen molar-refractivity contribution in [2.24, 2.45) is 0 Å². The molecule has 162 valence electrons. The van der Waals surface area contributed by atoms with Gasteiger partial charge in [-0.25, -0.2) is 9.97 Å². The maximum absolute atomic E-state index is 13.0. The molecule has 0 N–H and O–H groups in total. The van der Waals surface area contributed by atoms with Gasteiger partial charge in [-0.2, -0.15) is 0 Å². The van der Waals surface area contributed by atoms with Gasteiger partial charge in [-0.3, -0.25) is 4.79 Å². The summed E-state index contributed by atoms with van der Waals surface area (Å²) in [4.78, 5) is 27.4. The van der Waals surface area contributed by atoms with Crippen LogP contribution in [-0.2, 0) is 0 Å². The van der Waals surface area contributed by atoms with E-state index in [9.17, 15) is 4.79 Å². The van der Waals surface area contributed by atoms with Crippen molar-refractivity contribution >= 4 is 33.3 Å². The minimum Gasteiger partial charge on any atom is -0.352 e. The van der Waals surface area contributed by atoms with E-state index in [1.54, 1.807) is 17.7 Å². The van der Waals surface area contributed by atoms with Gasteiger partial charge >= 0.3 is 0 Å². The smallest absolute Gasteiger partial charge is 0.253 e. The number of thiophene rings is 1. The van der Waals surface area contributed by atoms with Crippen LogP contribution in [0.1, 0.15) is 35.7 Å². The van der Waals surface area contributed by atoms with Crippen molar-refractivity contribution in [2.45, 2.75) is 19.8 Å². The SMILES string of the molecule is CC(C)c1ccc(C(=O)N2CCN(c3ncnc4scc(-c5ccccc5)c34)CC2)cc1. The van der Waals surface area contributed by atoms with E-state index in [1.165, 1.54) is 16.7 Å². The van der Waals surface area contributed by atoms with Gasteiger partial charge in [0.1, 0.15) is 17.0 Å². The lowest BCUT2D eigenvalue weighted by atomic mass is 10.0. The highest BCUT2D eigenvalue weighted by Gasteiger charge is 2.25. The van der Waals surface area contributed by atoms with Crippen molar-refractivity contribution in [3.63, 3.8) is 0 Å². The first-order valence-corrected chi connectivity index (χ1v) is 11.9. The number of nitrogens with zero attached hydrogens (tertiary/aromatic N) is 4. The second kappa shape index (κ2) is 8.71. The normalized spacial score (nSPS) is 14.3. The van der Waals surface area contributed by atoms with Crippen LogP contribution in [0.15, 0.2) is 66.3 Å². The molecule has 1 fully saturated rings. The van der Waals surface area contributed by atoms with Crippen molar-refractivity contribution < 1.29 is 4.79 Å². The monoisotopic (exact) mass is 442 g/mol. The number of rotatable bonds is 4. The summed E-state index contributed by atoms with van der Waals surface area (Å²) in [7, 11) is 0. The second-order valence-corrected chi connectivity index (χ2v) is 9.31. The van der Waals surface area contributed by atoms with Crippen molar-refractivity contribution in [3.8, 4) is 11.1 Å². The Labute approximate surface area is 192 Å². The average Bonchev–Trinajstić information content (AvgIpc) is 3.29. The molecule has 0 atom stereocenters. The summed E-state index contributed by atoms with van der Waals surface area (Å²) < 4.78 is 0. The summed E-state index contributed by atoms with van der Waals surface area (Å²) >= 11 is 1.65. The van der Waals surface area contributed by atoms with Crippen LogP contribution in [0.4, 0.5) is 5.82 Å². The van der Waals surface area contributed by atoms with Gasteiger partial charge in [0.15, 0.2) is 0 Å². The van der Waals surface area contributed by atoms with Crippen LogP contribution in [0.2, 0.25) is 0 Å². The Hall–Kier alpha value is -3.25. The Morgan fingerprint density at radius 2 is 1.66 bits per heavy atom. The van der Waals surface area contributed by atoms with Gasteiger partial charge in [-0.1, -0.05) is 56.3 Å². The van der Waals surface area contributed by atoms with E-state index in [-0.39, 0.29) is 5.91 Å². The van der Waals surface area contributed by atoms with E-state index in [2.05, 4.69) is 70.5 Å². The van der Waals surface area contributed by atoms with E-state index in [0.717, 1.165) is 34.7 Å². The Morgan fingerprint density at radius 1 is 0.938 bits per heavy atom. The topological polar surface area (TPSA) is 49.3 Å². The zero-order valence-corrected chi connectivity index (χ0v) is 19.2. The predicted octanol–water partition coefficient (Wildman–Crippen LogP) is 5.44. The summed E-state index contributed by atoms with van der Waals surface area (Å²) in [5.41, 5.74) is 4.36. The molecule has 6 heteroatoms. The summed E-state index contributed by atoms with van der Waals surface area (Å²) in [6, 6.07) is 18.4. The fourth-order valence-electron chi connectivity index (χ4n) is 4.24. The zero-order valence-electron chi connectivity index (χ0n) is 18.4. The number of piperazine rings is 1. The highest BCUT2D eigenvalue weighted by molar-refractivity contribution is 7.17. The number of hydrogen-bond acceptors (Lipinski definition) is 5. The molecule has 0 aliphatic carbocycles. The van der Waals surface area contributed by atoms with Crippen molar-refractivity contribution in [1.82, 2.24) is 14.9 Å². The molecule has 32 heavy (non-hydrogen) atoms. The summed E-state index contributed by atoms with van der Waals surface area (Å²) in [5.74, 6) is 1.53. The largest absolute Gasteiger partial charge is 0.352 e. The van der Waals surface area contributed by atoms with Crippen LogP contribution in [-0.4, -0.2) is 47.0 Å². The number of amides is 1. The number of carbonyl (C=O) groups excluding carboxylic acids is 1. The van der Waals surface area contributed by atoms with Crippen LogP contribution >= 0.6 is 11.3 Å². The number of hydrogen-bond donors (Lipinski definition) is 0. The maximum Gasteiger partial charge on any atom is 0.253 e. The van der Waals surface area contributed by atoms with E-state index < -0.39 is 0 Å². The lowest BCUT2D eigenvalue weighted by Gasteiger charge is -2.35. The highest BCUT2D eigenvalue weighted by Crippen LogP contribution is 2.38. The van der Waals surface area contributed by atoms with Gasteiger partial charge < -0.3 is 9.80 Å². The number of carbonyl (C=O) groups is 1. The summed E-state index contributed by atoms with van der Waals surface area (Å²) in [5, 5.41) is 3.27. The first-order chi connectivity index (χ1) is 15.6. The molecular formula is C26H26N4OS. The first kappa shape index (κ1) is 20.6. The summed E-state index contributed by atoms with van der Waals surface area (Å²) in [6.45, 7) is 7.20. The van der Waals surface area contributed by atoms with Gasteiger partial charge in [0.05, 0.1) is 5.39 Å². The molecule has 1 aliphatic rings. The van der Waals surface area contributed by atoms with Gasteiger partial charge in [-0.15, -0.1) is 11.3 Å². The van der Waals surface area contributed by atoms with Crippen LogP contribution in [0.5, 0.6) is 0 Å². The molecule has 0 bridgehead atoms. The lowest BCUT2D eigenvalue weighted by Crippen LogP contribution is -2.49. The zero-order chi connectivity index (χ0) is 22.1. The quantitative estimate of drug-likeness (QED) is 0.422. The second-order valence-electron chi connectivity index (χ2n) is 8.45. The number of anilines is 1. The third-order valence-corrected chi connectivity index (χ3v) is 7.01. The molecule has 0 unspecified atom stereocenters. The van der Waals surface area contributed by atoms with Crippen LogP contribution in [0.25, 0.3) is 21.3 Å². The van der Waals surface area contributed by atoms with Gasteiger partial charge in [0, 0.05) is 42.7 Å². The van der Waals surface area contributed by atoms with Crippen molar-refractivity contribution in [3.05, 3.63) is 77.4 Å². The minimum absolute atomic E-state index is 0.105. The van der Waals surface area contributed by atoms with Crippen molar-refractivity contribution in [1.29, 1.82) is 0 Å². The van der Waals surface area contributed by atoms with E-state index in [1.807, 2.05) is 23.1 Å². The fourth-order valence-corrected chi connectivity index (χ4v) is 5.15. The standard InChI is InChI=1S/C26H26N4OS/c1-18(2)19-8-10-21(11-9-19)26(31)30-14-12-29(13-15-30)24-23-22(20-6-4-3-5-7-20)16-32-25(23)28-17-27-24/h3-11,16-18H,12-15H2,1-2H3. The van der Waals surface area contributed by atoms with Crippen LogP contribution in [0, 0.1) is 0 Å². The van der Waals surface area contributed by atoms with Crippen molar-refractivity contribution in [2.75, 3.05) is 31.1 Å². The molecule has 1 saturated heterocycles. The molecule has 2 aromatic carbocycles. The fraction of sp³-hybridized carbons (Fsp3) is 0.269. The summed E-state index contributed by atoms with van der Waals surface area (Å²) in [6.07, 6.45) is 1.65. The number of aromatic nitrogens is 2. The van der Waals surface area contributed by atoms with E-state index >= 15 is 0 Å². The molecule has 5 rings (SSSR count). The van der Waals surface area contributed by atoms with E-state index in [4.69, 9.17) is 0 Å². The lowest BCUT2D eigenvalue weighted by molar-refractivity contribution is 0.0746. The minimum atomic E-state index is 0.105. The Kier molecular flexibility index (Phi) is 5.62. The molecule has 1 aliphatic heterocycles. The Morgan fingerprint density at radius 3 is 2.34 bits per heavy atom. The van der Waals surface area contributed by atoms with Gasteiger partial charge in [-0.05, 0) is 29.2 Å². The Balaban J connectivity index is 1.35. The molecule has 5 nitrogen and oxygen atoms in total. The molecule has 0 radical (unpaired) electrons. The van der Waals surface area contributed by atoms with E-state index in [0.29, 0.717) is 19.0 Å². The first-order valence-electron chi connectivity index (χ1n) is 11.0. The van der Waals surface area contributed by atoms with Crippen LogP contribution < -0.4 is 4.90 Å². The molecule has 0 spiro atoms. The molecular weight excluding hydrogens is 416 g/mol. The average molecular weight is 443 g/mol. The highest BCUT2D eigenvalue weighted by atomic mass is 32.1. The van der Waals surface area contributed by atoms with Gasteiger partial charge in [0.2, 0.25) is 0 Å². The maximum atomic E-state index is 13.0. The molecule has 2 aromatic heterocycles.